The van der Waals surface area contributed by atoms with Gasteiger partial charge >= 0.3 is 0 Å². The highest BCUT2D eigenvalue weighted by atomic mass is 32.2. The van der Waals surface area contributed by atoms with Gasteiger partial charge in [0.15, 0.2) is 7.09 Å². The maximum Gasteiger partial charge on any atom is 0.170 e. The van der Waals surface area contributed by atoms with Crippen LogP contribution in [0.15, 0.2) is 23.8 Å². The Labute approximate surface area is 70.4 Å². The van der Waals surface area contributed by atoms with Gasteiger partial charge in [0.2, 0.25) is 0 Å². The lowest BCUT2D eigenvalue weighted by atomic mass is 10.2. The van der Waals surface area contributed by atoms with Crippen LogP contribution in [0.4, 0.5) is 0 Å². The first-order valence-corrected chi connectivity index (χ1v) is 4.51. The first-order chi connectivity index (χ1) is 5.31. The summed E-state index contributed by atoms with van der Waals surface area (Å²) < 4.78 is 6.78. The lowest BCUT2D eigenvalue weighted by molar-refractivity contribution is 1.22. The Kier molecular flexibility index (Phi) is 5.60. The van der Waals surface area contributed by atoms with Crippen molar-refractivity contribution in [3.05, 3.63) is 23.8 Å². The number of hydrogen-bond donors (Lipinski definition) is 0. The zero-order valence-electron chi connectivity index (χ0n) is 7.63. The van der Waals surface area contributed by atoms with Gasteiger partial charge in [-0.1, -0.05) is 30.7 Å². The molecule has 2 heteroatoms. The van der Waals surface area contributed by atoms with Crippen molar-refractivity contribution in [3.63, 3.8) is 0 Å². The summed E-state index contributed by atoms with van der Waals surface area (Å²) in [4.78, 5) is 0. The zero-order chi connectivity index (χ0) is 8.53. The molecular formula is C8H14BS. The molecule has 0 bridgehead atoms. The Balaban J connectivity index is 3.53. The Morgan fingerprint density at radius 1 is 1.80 bits per heavy atom. The fourth-order valence-electron chi connectivity index (χ4n) is 0.551. The van der Waals surface area contributed by atoms with Crippen LogP contribution in [0.1, 0.15) is 20.3 Å². The number of allylic oxidation sites excluding steroid dienone is 3. The molecule has 0 aromatic heterocycles. The summed E-state index contributed by atoms with van der Waals surface area (Å²) in [7, 11) is 1.37. The normalized spacial score (nSPS) is 13.8. The molecule has 0 saturated heterocycles. The van der Waals surface area contributed by atoms with Gasteiger partial charge in [-0.3, -0.25) is 0 Å². The second kappa shape index (κ2) is 7.01. The molecule has 0 N–H and O–H groups in total. The minimum atomic E-state index is 0.906. The van der Waals surface area contributed by atoms with Crippen LogP contribution in [0.5, 0.6) is 0 Å². The molecule has 55 valence electrons. The molecule has 0 rings (SSSR count). The van der Waals surface area contributed by atoms with Crippen molar-refractivity contribution in [1.29, 1.82) is 1.34 Å². The van der Waals surface area contributed by atoms with Gasteiger partial charge in [0.05, 0.1) is 0 Å². The van der Waals surface area contributed by atoms with Crippen molar-refractivity contribution >= 4 is 18.7 Å². The van der Waals surface area contributed by atoms with Gasteiger partial charge in [-0.2, -0.15) is 0 Å². The molecule has 0 amide bonds. The van der Waals surface area contributed by atoms with E-state index in [1.54, 1.807) is 0 Å². The minimum absolute atomic E-state index is 0.906. The Morgan fingerprint density at radius 2 is 2.60 bits per heavy atom. The third kappa shape index (κ3) is 6.02. The molecule has 0 nitrogen and oxygen atoms in total. The van der Waals surface area contributed by atoms with Crippen molar-refractivity contribution < 1.29 is 0 Å². The Hall–Kier alpha value is -0.105. The van der Waals surface area contributed by atoms with Crippen LogP contribution in [0.2, 0.25) is 0 Å². The van der Waals surface area contributed by atoms with Crippen molar-refractivity contribution in [2.75, 3.05) is 5.75 Å². The van der Waals surface area contributed by atoms with E-state index >= 15 is 0 Å². The average molecular weight is 155 g/mol. The van der Waals surface area contributed by atoms with E-state index in [0.29, 0.717) is 0 Å². The number of hydrogen-bond acceptors (Lipinski definition) is 1. The second-order valence-corrected chi connectivity index (χ2v) is 2.76. The minimum Gasteiger partial charge on any atom is -0.219 e. The summed E-state index contributed by atoms with van der Waals surface area (Å²) in [5.74, 6) is 0.906. The lowest BCUT2D eigenvalue weighted by Crippen LogP contribution is -1.72. The summed E-state index contributed by atoms with van der Waals surface area (Å²) in [6, 6.07) is 0. The summed E-state index contributed by atoms with van der Waals surface area (Å²) in [5, 5.41) is 0. The maximum absolute atomic E-state index is 6.78. The summed E-state index contributed by atoms with van der Waals surface area (Å²) >= 11 is 1.50. The summed E-state index contributed by atoms with van der Waals surface area (Å²) in [5.41, 5.74) is 1.28. The van der Waals surface area contributed by atoms with Crippen LogP contribution >= 0.6 is 11.6 Å². The first kappa shape index (κ1) is 8.00. The van der Waals surface area contributed by atoms with Crippen molar-refractivity contribution in [2.24, 2.45) is 0 Å². The van der Waals surface area contributed by atoms with E-state index in [1.165, 1.54) is 24.3 Å². The van der Waals surface area contributed by atoms with Crippen LogP contribution < -0.4 is 0 Å². The van der Waals surface area contributed by atoms with E-state index in [9.17, 15) is 0 Å². The highest BCUT2D eigenvalue weighted by molar-refractivity contribution is 8.19. The van der Waals surface area contributed by atoms with Crippen LogP contribution in [0, 0.1) is 0 Å². The van der Waals surface area contributed by atoms with Crippen LogP contribution in [-0.4, -0.2) is 14.2 Å². The molecular weight excluding hydrogens is 139 g/mol. The van der Waals surface area contributed by atoms with Gasteiger partial charge in [0.1, 0.15) is 0 Å². The zero-order valence-corrected chi connectivity index (χ0v) is 7.45. The van der Waals surface area contributed by atoms with E-state index in [-0.39, 0.29) is 0 Å². The highest BCUT2D eigenvalue weighted by Crippen LogP contribution is 1.99. The molecule has 0 aliphatic heterocycles. The molecule has 0 unspecified atom stereocenters. The molecule has 0 fully saturated rings. The molecule has 0 aromatic rings. The molecule has 0 aliphatic carbocycles. The lowest BCUT2D eigenvalue weighted by Gasteiger charge is -1.90. The van der Waals surface area contributed by atoms with E-state index in [2.05, 4.69) is 32.1 Å². The van der Waals surface area contributed by atoms with E-state index in [0.717, 1.165) is 12.2 Å². The fraction of sp³-hybridized carbons (Fsp3) is 0.500. The van der Waals surface area contributed by atoms with Crippen molar-refractivity contribution in [3.8, 4) is 0 Å². The van der Waals surface area contributed by atoms with Gasteiger partial charge in [0.25, 0.3) is 0 Å². The molecule has 0 saturated carbocycles. The number of rotatable bonds is 5. The van der Waals surface area contributed by atoms with E-state index in [1.807, 2.05) is 0 Å². The predicted octanol–water partition coefficient (Wildman–Crippen LogP) is 2.45. The average Bonchev–Trinajstić information content (AvgIpc) is 2.01. The topological polar surface area (TPSA) is 0 Å². The van der Waals surface area contributed by atoms with Crippen LogP contribution in [0.3, 0.4) is 0 Å². The summed E-state index contributed by atoms with van der Waals surface area (Å²) in [6.07, 6.45) is 7.47. The molecule has 0 spiro atoms. The quantitative estimate of drug-likeness (QED) is 0.334. The van der Waals surface area contributed by atoms with Crippen LogP contribution in [-0.2, 0) is 0 Å². The van der Waals surface area contributed by atoms with E-state index < -0.39 is 0 Å². The smallest absolute Gasteiger partial charge is 0.170 e. The predicted molar refractivity (Wildman–Crippen MR) is 52.8 cm³/mol. The third-order valence-electron chi connectivity index (χ3n) is 1.12. The molecule has 0 aromatic carbocycles. The fourth-order valence-corrected chi connectivity index (χ4v) is 0.910. The van der Waals surface area contributed by atoms with Gasteiger partial charge in [-0.05, 0) is 14.7 Å². The molecule has 0 heterocycles. The van der Waals surface area contributed by atoms with Gasteiger partial charge in [0, 0.05) is 5.75 Å². The largest absolute Gasteiger partial charge is 0.219 e. The SMILES string of the molecule is [3H][B]SC/C=C(C)/C=C/CC. The van der Waals surface area contributed by atoms with Crippen molar-refractivity contribution in [2.45, 2.75) is 20.3 Å². The third-order valence-corrected chi connectivity index (χ3v) is 1.48. The first-order valence-electron chi connectivity index (χ1n) is 4.04. The molecule has 0 aliphatic rings. The van der Waals surface area contributed by atoms with Gasteiger partial charge in [-0.15, -0.1) is 0 Å². The standard InChI is InChI=1S/C8H14BS/c1-3-4-5-8(2)6-7-10-9/h4-6,9H,3,7H2,1-2H3/b5-4+,8-6+/i9T. The van der Waals surface area contributed by atoms with Crippen LogP contribution in [0.25, 0.3) is 0 Å². The highest BCUT2D eigenvalue weighted by Gasteiger charge is 1.78. The molecule has 0 atom stereocenters. The van der Waals surface area contributed by atoms with Gasteiger partial charge in [-0.25, -0.2) is 11.6 Å². The Bertz CT molecular complexity index is 143. The van der Waals surface area contributed by atoms with E-state index in [4.69, 9.17) is 1.34 Å². The van der Waals surface area contributed by atoms with Gasteiger partial charge < -0.3 is 0 Å². The molecule has 1 radical (unpaired) electrons. The Morgan fingerprint density at radius 3 is 3.20 bits per heavy atom. The summed E-state index contributed by atoms with van der Waals surface area (Å²) in [6.45, 7) is 4.20. The maximum atomic E-state index is 6.78. The monoisotopic (exact) mass is 155 g/mol. The molecule has 10 heavy (non-hydrogen) atoms. The van der Waals surface area contributed by atoms with Crippen molar-refractivity contribution in [1.82, 2.24) is 0 Å². The second-order valence-electron chi connectivity index (χ2n) is 2.09.